The summed E-state index contributed by atoms with van der Waals surface area (Å²) in [4.78, 5) is 19.6. The fourth-order valence-corrected chi connectivity index (χ4v) is 0.618. The molecule has 0 saturated carbocycles. The van der Waals surface area contributed by atoms with Crippen LogP contribution in [-0.2, 0) is 4.79 Å². The summed E-state index contributed by atoms with van der Waals surface area (Å²) in [7, 11) is 0. The van der Waals surface area contributed by atoms with Crippen LogP contribution in [0.15, 0.2) is 35.8 Å². The van der Waals surface area contributed by atoms with Crippen LogP contribution in [0.4, 0.5) is 0 Å². The predicted octanol–water partition coefficient (Wildman–Crippen LogP) is 1.25. The minimum atomic E-state index is -1.45. The van der Waals surface area contributed by atoms with E-state index in [0.717, 1.165) is 6.08 Å². The Balaban J connectivity index is 5.03. The van der Waals surface area contributed by atoms with Gasteiger partial charge < -0.3 is 10.2 Å². The number of nitrogens with zero attached hydrogens (tertiary/aromatic N) is 1. The molecule has 0 aliphatic rings. The van der Waals surface area contributed by atoms with Gasteiger partial charge in [-0.05, 0) is 6.92 Å². The number of rotatable bonds is 4. The Morgan fingerprint density at radius 1 is 1.43 bits per heavy atom. The van der Waals surface area contributed by atoms with Gasteiger partial charge in [0.2, 0.25) is 5.76 Å². The maximum Gasteiger partial charge on any atom is 0.332 e. The zero-order valence-corrected chi connectivity index (χ0v) is 7.38. The van der Waals surface area contributed by atoms with Crippen LogP contribution in [0.3, 0.4) is 0 Å². The van der Waals surface area contributed by atoms with Crippen molar-refractivity contribution in [3.05, 3.63) is 45.9 Å². The van der Waals surface area contributed by atoms with Gasteiger partial charge in [0, 0.05) is 6.08 Å². The van der Waals surface area contributed by atoms with Crippen LogP contribution in [0.25, 0.3) is 0 Å². The van der Waals surface area contributed by atoms with Gasteiger partial charge in [0.05, 0.1) is 11.0 Å². The third-order valence-electron chi connectivity index (χ3n) is 1.17. The molecule has 0 fully saturated rings. The van der Waals surface area contributed by atoms with E-state index < -0.39 is 22.3 Å². The van der Waals surface area contributed by atoms with Crippen molar-refractivity contribution in [2.45, 2.75) is 6.92 Å². The number of carboxylic acids is 1. The van der Waals surface area contributed by atoms with E-state index in [0.29, 0.717) is 6.08 Å². The van der Waals surface area contributed by atoms with E-state index in [2.05, 4.69) is 0 Å². The van der Waals surface area contributed by atoms with Crippen LogP contribution in [-0.4, -0.2) is 21.1 Å². The van der Waals surface area contributed by atoms with Gasteiger partial charge in [-0.25, -0.2) is 4.79 Å². The van der Waals surface area contributed by atoms with E-state index in [1.54, 1.807) is 6.92 Å². The third kappa shape index (κ3) is 4.05. The zero-order chi connectivity index (χ0) is 11.1. The van der Waals surface area contributed by atoms with Gasteiger partial charge >= 0.3 is 11.7 Å². The van der Waals surface area contributed by atoms with Crippen LogP contribution in [0.2, 0.25) is 0 Å². The summed E-state index contributed by atoms with van der Waals surface area (Å²) in [6, 6.07) is 0. The fourth-order valence-electron chi connectivity index (χ4n) is 0.618. The average Bonchev–Trinajstić information content (AvgIpc) is 2.02. The SMILES string of the molecule is C\C=C/C=C(\C(O)=C\C(=O)O)[N+](=O)[O-]. The first kappa shape index (κ1) is 11.9. The fraction of sp³-hybridized carbons (Fsp3) is 0.125. The van der Waals surface area contributed by atoms with Crippen molar-refractivity contribution in [2.24, 2.45) is 0 Å². The molecule has 6 heteroatoms. The quantitative estimate of drug-likeness (QED) is 0.233. The normalized spacial score (nSPS) is 13.2. The molecule has 0 aromatic carbocycles. The highest BCUT2D eigenvalue weighted by Crippen LogP contribution is 2.07. The summed E-state index contributed by atoms with van der Waals surface area (Å²) in [6.45, 7) is 1.63. The molecule has 0 rings (SSSR count). The monoisotopic (exact) mass is 199 g/mol. The van der Waals surface area contributed by atoms with Crippen molar-refractivity contribution >= 4 is 5.97 Å². The van der Waals surface area contributed by atoms with E-state index in [9.17, 15) is 14.9 Å². The molecule has 0 atom stereocenters. The Bertz CT molecular complexity index is 327. The Labute approximate surface area is 79.6 Å². The molecule has 0 radical (unpaired) electrons. The Morgan fingerprint density at radius 3 is 2.36 bits per heavy atom. The van der Waals surface area contributed by atoms with Crippen molar-refractivity contribution in [1.82, 2.24) is 0 Å². The van der Waals surface area contributed by atoms with Gasteiger partial charge in [-0.1, -0.05) is 12.2 Å². The minimum Gasteiger partial charge on any atom is -0.502 e. The Hall–Kier alpha value is -2.11. The highest BCUT2D eigenvalue weighted by atomic mass is 16.6. The van der Waals surface area contributed by atoms with Crippen LogP contribution in [0.5, 0.6) is 0 Å². The largest absolute Gasteiger partial charge is 0.502 e. The number of hydrogen-bond acceptors (Lipinski definition) is 4. The lowest BCUT2D eigenvalue weighted by atomic mass is 10.3. The van der Waals surface area contributed by atoms with Crippen LogP contribution in [0.1, 0.15) is 6.92 Å². The molecule has 0 aromatic heterocycles. The van der Waals surface area contributed by atoms with E-state index in [-0.39, 0.29) is 0 Å². The predicted molar refractivity (Wildman–Crippen MR) is 48.2 cm³/mol. The maximum absolute atomic E-state index is 10.3. The van der Waals surface area contributed by atoms with Crippen LogP contribution >= 0.6 is 0 Å². The Morgan fingerprint density at radius 2 is 2.00 bits per heavy atom. The van der Waals surface area contributed by atoms with Crippen molar-refractivity contribution in [2.75, 3.05) is 0 Å². The van der Waals surface area contributed by atoms with Crippen LogP contribution < -0.4 is 0 Å². The molecule has 76 valence electrons. The number of nitro groups is 1. The number of hydrogen-bond donors (Lipinski definition) is 2. The molecule has 0 aliphatic carbocycles. The second-order valence-electron chi connectivity index (χ2n) is 2.20. The maximum atomic E-state index is 10.3. The average molecular weight is 199 g/mol. The number of aliphatic hydroxyl groups is 1. The number of carbonyl (C=O) groups is 1. The van der Waals surface area contributed by atoms with E-state index in [4.69, 9.17) is 10.2 Å². The first-order valence-electron chi connectivity index (χ1n) is 3.60. The third-order valence-corrected chi connectivity index (χ3v) is 1.17. The van der Waals surface area contributed by atoms with Gasteiger partial charge in [0.25, 0.3) is 0 Å². The summed E-state index contributed by atoms with van der Waals surface area (Å²) in [5.74, 6) is -2.34. The van der Waals surface area contributed by atoms with Crippen molar-refractivity contribution in [1.29, 1.82) is 0 Å². The first-order valence-corrected chi connectivity index (χ1v) is 3.60. The number of carboxylic acid groups (broad SMARTS) is 1. The number of allylic oxidation sites excluding steroid dienone is 3. The van der Waals surface area contributed by atoms with Crippen LogP contribution in [0, 0.1) is 10.1 Å². The summed E-state index contributed by atoms with van der Waals surface area (Å²) in [5.41, 5.74) is -0.662. The van der Waals surface area contributed by atoms with Crippen molar-refractivity contribution in [3.63, 3.8) is 0 Å². The van der Waals surface area contributed by atoms with E-state index in [1.165, 1.54) is 12.2 Å². The first-order chi connectivity index (χ1) is 6.49. The highest BCUT2D eigenvalue weighted by molar-refractivity contribution is 5.80. The standard InChI is InChI=1S/C8H9NO5/c1-2-3-4-6(9(13)14)7(10)5-8(11)12/h2-5,10H,1H3,(H,11,12)/b3-2-,6-4+,7-5-. The van der Waals surface area contributed by atoms with Gasteiger partial charge in [0.15, 0.2) is 0 Å². The highest BCUT2D eigenvalue weighted by Gasteiger charge is 2.16. The van der Waals surface area contributed by atoms with Crippen molar-refractivity contribution in [3.8, 4) is 0 Å². The molecule has 0 saturated heterocycles. The van der Waals surface area contributed by atoms with Gasteiger partial charge in [-0.3, -0.25) is 10.1 Å². The molecule has 14 heavy (non-hydrogen) atoms. The van der Waals surface area contributed by atoms with E-state index >= 15 is 0 Å². The lowest BCUT2D eigenvalue weighted by molar-refractivity contribution is -0.423. The lowest BCUT2D eigenvalue weighted by Gasteiger charge is -1.94. The summed E-state index contributed by atoms with van der Waals surface area (Å²) >= 11 is 0. The summed E-state index contributed by atoms with van der Waals surface area (Å²) in [6.07, 6.45) is 4.20. The van der Waals surface area contributed by atoms with Crippen molar-refractivity contribution < 1.29 is 19.9 Å². The molecule has 0 aliphatic heterocycles. The molecule has 0 bridgehead atoms. The molecule has 0 aromatic rings. The molecule has 2 N–H and O–H groups in total. The second kappa shape index (κ2) is 5.52. The van der Waals surface area contributed by atoms with Gasteiger partial charge in [0.1, 0.15) is 0 Å². The topological polar surface area (TPSA) is 101 Å². The molecule has 0 heterocycles. The second-order valence-corrected chi connectivity index (χ2v) is 2.20. The molecule has 0 amide bonds. The molecule has 0 spiro atoms. The van der Waals surface area contributed by atoms with Gasteiger partial charge in [-0.15, -0.1) is 0 Å². The molecular weight excluding hydrogens is 190 g/mol. The molecule has 6 nitrogen and oxygen atoms in total. The summed E-state index contributed by atoms with van der Waals surface area (Å²) < 4.78 is 0. The molecule has 0 unspecified atom stereocenters. The van der Waals surface area contributed by atoms with Gasteiger partial charge in [-0.2, -0.15) is 0 Å². The smallest absolute Gasteiger partial charge is 0.332 e. The summed E-state index contributed by atoms with van der Waals surface area (Å²) in [5, 5.41) is 27.6. The number of aliphatic carboxylic acids is 1. The zero-order valence-electron chi connectivity index (χ0n) is 7.38. The molecular formula is C8H9NO5. The van der Waals surface area contributed by atoms with E-state index in [1.807, 2.05) is 0 Å². The number of aliphatic hydroxyl groups excluding tert-OH is 1. The minimum absolute atomic E-state index is 0.359. The Kier molecular flexibility index (Phi) is 4.69. The lowest BCUT2D eigenvalue weighted by Crippen LogP contribution is -2.03.